The van der Waals surface area contributed by atoms with Crippen molar-refractivity contribution in [2.24, 2.45) is 0 Å². The highest BCUT2D eigenvalue weighted by Crippen LogP contribution is 2.44. The highest BCUT2D eigenvalue weighted by Gasteiger charge is 2.58. The molecule has 12 nitrogen and oxygen atoms in total. The molecule has 6 N–H and O–H groups in total. The van der Waals surface area contributed by atoms with E-state index in [0.717, 1.165) is 0 Å². The number of ether oxygens (including phenoxy) is 1. The van der Waals surface area contributed by atoms with Gasteiger partial charge in [0.1, 0.15) is 35.7 Å². The number of nitrogen functional groups attached to an aromatic ring is 1. The third kappa shape index (κ3) is 2.05. The van der Waals surface area contributed by atoms with Gasteiger partial charge in [0, 0.05) is 5.56 Å². The molecule has 28 heavy (non-hydrogen) atoms. The van der Waals surface area contributed by atoms with Gasteiger partial charge in [-0.1, -0.05) is 17.3 Å². The van der Waals surface area contributed by atoms with Crippen molar-refractivity contribution in [2.75, 3.05) is 12.3 Å². The van der Waals surface area contributed by atoms with Gasteiger partial charge in [-0.05, 0) is 6.07 Å². The van der Waals surface area contributed by atoms with Gasteiger partial charge in [0.15, 0.2) is 11.5 Å². The van der Waals surface area contributed by atoms with E-state index in [-0.39, 0.29) is 11.5 Å². The van der Waals surface area contributed by atoms with E-state index in [1.165, 1.54) is 17.2 Å². The van der Waals surface area contributed by atoms with Gasteiger partial charge in [-0.15, -0.1) is 5.10 Å². The minimum atomic E-state index is -1.68. The first kappa shape index (κ1) is 16.9. The number of nitrogens with one attached hydrogen (secondary N) is 1. The van der Waals surface area contributed by atoms with E-state index in [2.05, 4.69) is 30.4 Å². The van der Waals surface area contributed by atoms with Crippen molar-refractivity contribution >= 4 is 28.0 Å². The Labute approximate surface area is 156 Å². The van der Waals surface area contributed by atoms with Crippen LogP contribution in [0.3, 0.4) is 0 Å². The predicted octanol–water partition coefficient (Wildman–Crippen LogP) is -1.51. The van der Waals surface area contributed by atoms with Crippen molar-refractivity contribution in [2.45, 2.75) is 24.0 Å². The van der Waals surface area contributed by atoms with Crippen LogP contribution >= 0.6 is 0 Å². The highest BCUT2D eigenvalue weighted by atomic mass is 16.6. The summed E-state index contributed by atoms with van der Waals surface area (Å²) in [5, 5.41) is 42.0. The number of H-pyrrole nitrogens is 1. The second kappa shape index (κ2) is 5.90. The molecule has 1 aliphatic heterocycles. The average molecular weight is 384 g/mol. The molecule has 0 unspecified atom stereocenters. The first-order valence-corrected chi connectivity index (χ1v) is 8.47. The zero-order valence-corrected chi connectivity index (χ0v) is 14.3. The molecular formula is C16H16N8O4. The highest BCUT2D eigenvalue weighted by molar-refractivity contribution is 5.83. The van der Waals surface area contributed by atoms with E-state index >= 15 is 0 Å². The zero-order valence-electron chi connectivity index (χ0n) is 14.3. The molecule has 0 spiro atoms. The molecule has 4 aromatic rings. The molecule has 0 amide bonds. The Kier molecular flexibility index (Phi) is 3.57. The lowest BCUT2D eigenvalue weighted by molar-refractivity contribution is -0.115. The van der Waals surface area contributed by atoms with E-state index in [1.807, 2.05) is 0 Å². The molecule has 144 valence electrons. The van der Waals surface area contributed by atoms with Crippen molar-refractivity contribution < 1.29 is 20.1 Å². The van der Waals surface area contributed by atoms with Crippen LogP contribution < -0.4 is 5.73 Å². The number of anilines is 1. The van der Waals surface area contributed by atoms with Crippen LogP contribution in [0.1, 0.15) is 5.56 Å². The molecule has 0 radical (unpaired) electrons. The second-order valence-corrected chi connectivity index (χ2v) is 6.53. The Morgan fingerprint density at radius 3 is 2.86 bits per heavy atom. The SMILES string of the molecule is Nc1ncnc2c1ncn2[C@]1(c2cccc3[nH]nnc23)O[C@H](CO)[C@@H](O)[C@H]1O. The Balaban J connectivity index is 1.86. The summed E-state index contributed by atoms with van der Waals surface area (Å²) in [4.78, 5) is 12.4. The summed E-state index contributed by atoms with van der Waals surface area (Å²) < 4.78 is 7.53. The van der Waals surface area contributed by atoms with Crippen molar-refractivity contribution in [1.82, 2.24) is 34.9 Å². The number of imidazole rings is 1. The zero-order chi connectivity index (χ0) is 19.5. The minimum absolute atomic E-state index is 0.158. The number of rotatable bonds is 3. The van der Waals surface area contributed by atoms with Gasteiger partial charge >= 0.3 is 0 Å². The predicted molar refractivity (Wildman–Crippen MR) is 94.7 cm³/mol. The van der Waals surface area contributed by atoms with Crippen LogP contribution in [0, 0.1) is 0 Å². The molecule has 1 aliphatic rings. The van der Waals surface area contributed by atoms with E-state index in [4.69, 9.17) is 10.5 Å². The monoisotopic (exact) mass is 384 g/mol. The van der Waals surface area contributed by atoms with Gasteiger partial charge in [-0.2, -0.15) is 0 Å². The van der Waals surface area contributed by atoms with Gasteiger partial charge in [0.2, 0.25) is 5.72 Å². The molecule has 1 saturated heterocycles. The average Bonchev–Trinajstić information content (AvgIpc) is 3.41. The molecule has 5 rings (SSSR count). The first-order valence-electron chi connectivity index (χ1n) is 8.47. The van der Waals surface area contributed by atoms with Crippen LogP contribution in [0.25, 0.3) is 22.2 Å². The third-order valence-electron chi connectivity index (χ3n) is 5.08. The number of aromatic amines is 1. The van der Waals surface area contributed by atoms with Gasteiger partial charge in [0.05, 0.1) is 18.5 Å². The van der Waals surface area contributed by atoms with Crippen LogP contribution in [0.2, 0.25) is 0 Å². The fourth-order valence-corrected chi connectivity index (χ4v) is 3.76. The number of nitrogens with two attached hydrogens (primary N) is 1. The molecular weight excluding hydrogens is 368 g/mol. The summed E-state index contributed by atoms with van der Waals surface area (Å²) in [6, 6.07) is 5.19. The number of fused-ring (bicyclic) bond motifs is 2. The molecule has 4 atom stereocenters. The Morgan fingerprint density at radius 1 is 1.21 bits per heavy atom. The molecule has 1 fully saturated rings. The number of hydrogen-bond acceptors (Lipinski definition) is 10. The van der Waals surface area contributed by atoms with Crippen molar-refractivity contribution in [3.05, 3.63) is 36.4 Å². The lowest BCUT2D eigenvalue weighted by Gasteiger charge is -2.34. The Morgan fingerprint density at radius 2 is 2.07 bits per heavy atom. The van der Waals surface area contributed by atoms with Gasteiger partial charge in [0.25, 0.3) is 0 Å². The number of hydrogen-bond donors (Lipinski definition) is 5. The molecule has 3 aromatic heterocycles. The van der Waals surface area contributed by atoms with E-state index < -0.39 is 30.6 Å². The van der Waals surface area contributed by atoms with Gasteiger partial charge in [-0.3, -0.25) is 9.67 Å². The summed E-state index contributed by atoms with van der Waals surface area (Å²) in [6.07, 6.45) is -1.23. The molecule has 0 saturated carbocycles. The number of aromatic nitrogens is 7. The maximum absolute atomic E-state index is 11.1. The lowest BCUT2D eigenvalue weighted by atomic mass is 9.93. The van der Waals surface area contributed by atoms with E-state index in [9.17, 15) is 15.3 Å². The molecule has 0 aliphatic carbocycles. The van der Waals surface area contributed by atoms with Crippen molar-refractivity contribution in [3.8, 4) is 0 Å². The van der Waals surface area contributed by atoms with Crippen LogP contribution in [-0.2, 0) is 10.5 Å². The van der Waals surface area contributed by atoms with Crippen LogP contribution in [0.5, 0.6) is 0 Å². The Bertz CT molecular complexity index is 1180. The van der Waals surface area contributed by atoms with Crippen LogP contribution in [-0.4, -0.2) is 75.2 Å². The van der Waals surface area contributed by atoms with Gasteiger partial charge in [-0.25, -0.2) is 15.0 Å². The maximum atomic E-state index is 11.1. The summed E-state index contributed by atoms with van der Waals surface area (Å²) in [7, 11) is 0. The molecule has 1 aromatic carbocycles. The smallest absolute Gasteiger partial charge is 0.205 e. The number of benzene rings is 1. The summed E-state index contributed by atoms with van der Waals surface area (Å²) in [6.45, 7) is -0.501. The molecule has 12 heteroatoms. The normalized spacial score (nSPS) is 27.8. The van der Waals surface area contributed by atoms with E-state index in [0.29, 0.717) is 22.1 Å². The van der Waals surface area contributed by atoms with Crippen LogP contribution in [0.15, 0.2) is 30.9 Å². The second-order valence-electron chi connectivity index (χ2n) is 6.53. The van der Waals surface area contributed by atoms with Crippen LogP contribution in [0.4, 0.5) is 5.82 Å². The Hall–Kier alpha value is -3.19. The summed E-state index contributed by atoms with van der Waals surface area (Å²) in [5.74, 6) is 0.158. The number of aliphatic hydroxyl groups excluding tert-OH is 3. The standard InChI is InChI=1S/C16H16N8O4/c17-14-11-15(19-5-18-14)24(6-20-11)16(13(27)12(26)9(4-25)28-16)7-2-1-3-8-10(7)22-23-21-8/h1-3,5-6,9,12-13,25-27H,4H2,(H2,17,18,19)(H,21,22,23)/t9-,12-,13-,16-/m1/s1. The third-order valence-corrected chi connectivity index (χ3v) is 5.08. The maximum Gasteiger partial charge on any atom is 0.205 e. The fourth-order valence-electron chi connectivity index (χ4n) is 3.76. The lowest BCUT2D eigenvalue weighted by Crippen LogP contribution is -2.46. The summed E-state index contributed by atoms with van der Waals surface area (Å²) >= 11 is 0. The fraction of sp³-hybridized carbons (Fsp3) is 0.312. The number of nitrogens with zero attached hydrogens (tertiary/aromatic N) is 6. The van der Waals surface area contributed by atoms with Crippen molar-refractivity contribution in [3.63, 3.8) is 0 Å². The van der Waals surface area contributed by atoms with Crippen molar-refractivity contribution in [1.29, 1.82) is 0 Å². The van der Waals surface area contributed by atoms with Gasteiger partial charge < -0.3 is 25.8 Å². The molecule has 0 bridgehead atoms. The summed E-state index contributed by atoms with van der Waals surface area (Å²) in [5.41, 5.74) is 6.26. The van der Waals surface area contributed by atoms with E-state index in [1.54, 1.807) is 18.2 Å². The largest absolute Gasteiger partial charge is 0.394 e. The quantitative estimate of drug-likeness (QED) is 0.279. The topological polar surface area (TPSA) is 181 Å². The number of aliphatic hydroxyl groups is 3. The molecule has 4 heterocycles. The first-order chi connectivity index (χ1) is 13.6. The minimum Gasteiger partial charge on any atom is -0.394 e.